The van der Waals surface area contributed by atoms with Crippen LogP contribution in [0.1, 0.15) is 29.1 Å². The lowest BCUT2D eigenvalue weighted by Gasteiger charge is -2.46. The summed E-state index contributed by atoms with van der Waals surface area (Å²) in [5, 5.41) is 16.0. The van der Waals surface area contributed by atoms with Crippen molar-refractivity contribution < 1.29 is 46.6 Å². The monoisotopic (exact) mass is 659 g/mol. The molecule has 2 aliphatic rings. The Hall–Kier alpha value is -4.92. The van der Waals surface area contributed by atoms with Crippen molar-refractivity contribution in [2.24, 2.45) is 0 Å². The molecule has 0 aliphatic carbocycles. The Labute approximate surface area is 268 Å². The SMILES string of the molecule is COc1ccc(OCCN(C(=O)N2CCc3c([nH]c4ccc(OC)cc34)[C@]23CCNC3)c2c(C)noc2C)cc1.O=C(O)C(F)(F)F. The highest BCUT2D eigenvalue weighted by molar-refractivity contribution is 5.95. The molecule has 6 rings (SSSR count). The fourth-order valence-electron chi connectivity index (χ4n) is 6.22. The molecule has 0 radical (unpaired) electrons. The summed E-state index contributed by atoms with van der Waals surface area (Å²) in [5.74, 6) is 0.138. The Bertz CT molecular complexity index is 1710. The molecule has 47 heavy (non-hydrogen) atoms. The Balaban J connectivity index is 0.000000559. The standard InChI is InChI=1S/C30H35N5O5.C2HF3O2/c1-19-27(20(2)40-33-19)34(15-16-39-22-7-5-21(37-3)6-8-22)29(36)35-14-11-24-25-17-23(38-4)9-10-26(25)32-28(24)30(35)12-13-31-18-30;3-2(4,5)1(6)7/h5-10,17,31-32H,11-16,18H2,1-4H3;(H,6,7)/t30-;/m1./s1. The molecule has 15 heteroatoms. The zero-order valence-corrected chi connectivity index (χ0v) is 26.4. The maximum atomic E-state index is 14.6. The number of urea groups is 1. The van der Waals surface area contributed by atoms with Crippen molar-refractivity contribution in [3.05, 3.63) is 65.2 Å². The lowest BCUT2D eigenvalue weighted by Crippen LogP contribution is -2.59. The summed E-state index contributed by atoms with van der Waals surface area (Å²) >= 11 is 0. The first-order valence-corrected chi connectivity index (χ1v) is 14.9. The molecule has 0 unspecified atom stereocenters. The maximum Gasteiger partial charge on any atom is 0.490 e. The van der Waals surface area contributed by atoms with E-state index in [1.165, 1.54) is 5.56 Å². The first kappa shape index (κ1) is 33.4. The summed E-state index contributed by atoms with van der Waals surface area (Å²) in [4.78, 5) is 30.9. The molecule has 2 amide bonds. The van der Waals surface area contributed by atoms with E-state index in [-0.39, 0.29) is 6.03 Å². The molecule has 0 bridgehead atoms. The number of carbonyl (C=O) groups excluding carboxylic acids is 1. The van der Waals surface area contributed by atoms with E-state index in [1.54, 1.807) is 19.1 Å². The normalized spacial score (nSPS) is 17.2. The van der Waals surface area contributed by atoms with E-state index in [9.17, 15) is 18.0 Å². The number of nitrogens with zero attached hydrogens (tertiary/aromatic N) is 3. The van der Waals surface area contributed by atoms with Crippen LogP contribution in [0, 0.1) is 13.8 Å². The van der Waals surface area contributed by atoms with Crippen LogP contribution in [0.3, 0.4) is 0 Å². The van der Waals surface area contributed by atoms with Crippen LogP contribution in [0.5, 0.6) is 17.2 Å². The maximum absolute atomic E-state index is 14.6. The Morgan fingerprint density at radius 1 is 1.09 bits per heavy atom. The van der Waals surface area contributed by atoms with Crippen molar-refractivity contribution in [2.45, 2.75) is 38.4 Å². The van der Waals surface area contributed by atoms with Gasteiger partial charge in [-0.05, 0) is 81.3 Å². The summed E-state index contributed by atoms with van der Waals surface area (Å²) in [6.45, 7) is 6.44. The third-order valence-electron chi connectivity index (χ3n) is 8.43. The lowest BCUT2D eigenvalue weighted by atomic mass is 9.84. The Kier molecular flexibility index (Phi) is 9.56. The van der Waals surface area contributed by atoms with Crippen LogP contribution in [-0.2, 0) is 16.8 Å². The largest absolute Gasteiger partial charge is 0.497 e. The van der Waals surface area contributed by atoms with E-state index >= 15 is 0 Å². The number of ether oxygens (including phenoxy) is 3. The lowest BCUT2D eigenvalue weighted by molar-refractivity contribution is -0.192. The smallest absolute Gasteiger partial charge is 0.490 e. The number of nitrogens with one attached hydrogen (secondary N) is 2. The molecule has 1 saturated heterocycles. The highest BCUT2D eigenvalue weighted by atomic mass is 19.4. The van der Waals surface area contributed by atoms with Gasteiger partial charge in [-0.2, -0.15) is 13.2 Å². The predicted molar refractivity (Wildman–Crippen MR) is 165 cm³/mol. The number of carboxylic acid groups (broad SMARTS) is 1. The van der Waals surface area contributed by atoms with Gasteiger partial charge < -0.3 is 39.0 Å². The van der Waals surface area contributed by atoms with Gasteiger partial charge in [-0.25, -0.2) is 9.59 Å². The molecule has 1 atom stereocenters. The number of alkyl halides is 3. The number of methoxy groups -OCH3 is 2. The quantitative estimate of drug-likeness (QED) is 0.245. The van der Waals surface area contributed by atoms with Crippen molar-refractivity contribution in [1.82, 2.24) is 20.4 Å². The molecule has 1 fully saturated rings. The Morgan fingerprint density at radius 3 is 2.32 bits per heavy atom. The summed E-state index contributed by atoms with van der Waals surface area (Å²) in [7, 11) is 3.32. The number of aromatic nitrogens is 2. The van der Waals surface area contributed by atoms with Gasteiger partial charge in [-0.1, -0.05) is 5.16 Å². The second kappa shape index (κ2) is 13.4. The van der Waals surface area contributed by atoms with Gasteiger partial charge in [0.05, 0.1) is 26.3 Å². The van der Waals surface area contributed by atoms with Crippen LogP contribution in [-0.4, -0.2) is 85.3 Å². The minimum absolute atomic E-state index is 0.0849. The number of amides is 2. The third-order valence-corrected chi connectivity index (χ3v) is 8.43. The second-order valence-electron chi connectivity index (χ2n) is 11.2. The molecule has 2 aliphatic heterocycles. The highest BCUT2D eigenvalue weighted by Gasteiger charge is 2.50. The molecule has 2 aromatic carbocycles. The van der Waals surface area contributed by atoms with Gasteiger partial charge in [0.2, 0.25) is 0 Å². The van der Waals surface area contributed by atoms with E-state index in [0.29, 0.717) is 49.1 Å². The van der Waals surface area contributed by atoms with Crippen LogP contribution in [0.4, 0.5) is 23.7 Å². The van der Waals surface area contributed by atoms with Gasteiger partial charge in [-0.3, -0.25) is 4.90 Å². The van der Waals surface area contributed by atoms with Gasteiger partial charge >= 0.3 is 18.2 Å². The Morgan fingerprint density at radius 2 is 1.74 bits per heavy atom. The van der Waals surface area contributed by atoms with Crippen LogP contribution in [0.15, 0.2) is 47.0 Å². The predicted octanol–water partition coefficient (Wildman–Crippen LogP) is 5.18. The number of hydrogen-bond acceptors (Lipinski definition) is 8. The number of carbonyl (C=O) groups is 2. The van der Waals surface area contributed by atoms with Crippen molar-refractivity contribution in [1.29, 1.82) is 0 Å². The number of fused-ring (bicyclic) bond motifs is 4. The molecule has 252 valence electrons. The fourth-order valence-corrected chi connectivity index (χ4v) is 6.22. The molecule has 12 nitrogen and oxygen atoms in total. The summed E-state index contributed by atoms with van der Waals surface area (Å²) in [6, 6.07) is 13.4. The summed E-state index contributed by atoms with van der Waals surface area (Å²) in [5.41, 5.74) is 4.29. The van der Waals surface area contributed by atoms with Crippen molar-refractivity contribution in [2.75, 3.05) is 51.9 Å². The fraction of sp³-hybridized carbons (Fsp3) is 0.406. The molecule has 3 N–H and O–H groups in total. The molecule has 2 aromatic heterocycles. The first-order chi connectivity index (χ1) is 22.4. The number of aryl methyl sites for hydroxylation is 2. The van der Waals surface area contributed by atoms with Gasteiger partial charge in [0.15, 0.2) is 5.76 Å². The van der Waals surface area contributed by atoms with E-state index in [2.05, 4.69) is 27.6 Å². The van der Waals surface area contributed by atoms with Crippen LogP contribution < -0.4 is 24.4 Å². The highest BCUT2D eigenvalue weighted by Crippen LogP contribution is 2.44. The molecule has 4 aromatic rings. The number of anilines is 1. The van der Waals surface area contributed by atoms with E-state index in [0.717, 1.165) is 47.5 Å². The van der Waals surface area contributed by atoms with Crippen LogP contribution in [0.2, 0.25) is 0 Å². The van der Waals surface area contributed by atoms with Gasteiger partial charge in [-0.15, -0.1) is 0 Å². The number of carboxylic acids is 1. The van der Waals surface area contributed by atoms with Gasteiger partial charge in [0.25, 0.3) is 0 Å². The first-order valence-electron chi connectivity index (χ1n) is 14.9. The minimum Gasteiger partial charge on any atom is -0.497 e. The van der Waals surface area contributed by atoms with Crippen molar-refractivity contribution >= 4 is 28.6 Å². The van der Waals surface area contributed by atoms with Crippen LogP contribution >= 0.6 is 0 Å². The number of aromatic amines is 1. The number of rotatable bonds is 7. The van der Waals surface area contributed by atoms with Crippen molar-refractivity contribution in [3.63, 3.8) is 0 Å². The molecular formula is C32H36F3N5O7. The second-order valence-corrected chi connectivity index (χ2v) is 11.2. The molecule has 1 spiro atoms. The average molecular weight is 660 g/mol. The van der Waals surface area contributed by atoms with E-state index in [1.807, 2.05) is 49.1 Å². The molecule has 0 saturated carbocycles. The number of aliphatic carboxylic acids is 1. The number of H-pyrrole nitrogens is 1. The summed E-state index contributed by atoms with van der Waals surface area (Å²) < 4.78 is 54.0. The number of benzene rings is 2. The van der Waals surface area contributed by atoms with E-state index in [4.69, 9.17) is 28.6 Å². The van der Waals surface area contributed by atoms with Crippen LogP contribution in [0.25, 0.3) is 10.9 Å². The zero-order chi connectivity index (χ0) is 33.9. The summed E-state index contributed by atoms with van der Waals surface area (Å²) in [6.07, 6.45) is -3.53. The van der Waals surface area contributed by atoms with E-state index < -0.39 is 17.7 Å². The third kappa shape index (κ3) is 6.66. The van der Waals surface area contributed by atoms with Crippen molar-refractivity contribution in [3.8, 4) is 17.2 Å². The zero-order valence-electron chi connectivity index (χ0n) is 26.4. The van der Waals surface area contributed by atoms with Gasteiger partial charge in [0.1, 0.15) is 35.2 Å². The topological polar surface area (TPSA) is 142 Å². The minimum atomic E-state index is -5.08. The number of halogens is 3. The molecule has 4 heterocycles. The molecular weight excluding hydrogens is 623 g/mol. The van der Waals surface area contributed by atoms with Gasteiger partial charge in [0, 0.05) is 29.7 Å². The average Bonchev–Trinajstić information content (AvgIpc) is 3.77. The number of hydrogen-bond donors (Lipinski definition) is 3.